The molecule has 5 nitrogen and oxygen atoms in total. The Balaban J connectivity index is 2.54. The SMILES string of the molecule is CC(C)CCNC(=O)NC1(C(=O)O)CCCC(C)C1. The van der Waals surface area contributed by atoms with Crippen LogP contribution in [0.15, 0.2) is 0 Å². The smallest absolute Gasteiger partial charge is 0.329 e. The van der Waals surface area contributed by atoms with E-state index in [1.807, 2.05) is 6.92 Å². The molecule has 3 N–H and O–H groups in total. The van der Waals surface area contributed by atoms with Gasteiger partial charge in [-0.1, -0.05) is 33.6 Å². The van der Waals surface area contributed by atoms with E-state index < -0.39 is 11.5 Å². The van der Waals surface area contributed by atoms with E-state index >= 15 is 0 Å². The van der Waals surface area contributed by atoms with Gasteiger partial charge in [0, 0.05) is 6.54 Å². The minimum Gasteiger partial charge on any atom is -0.480 e. The van der Waals surface area contributed by atoms with Crippen molar-refractivity contribution in [2.75, 3.05) is 6.54 Å². The summed E-state index contributed by atoms with van der Waals surface area (Å²) in [6, 6.07) is -0.364. The van der Waals surface area contributed by atoms with Gasteiger partial charge in [0.25, 0.3) is 0 Å². The van der Waals surface area contributed by atoms with E-state index in [2.05, 4.69) is 24.5 Å². The van der Waals surface area contributed by atoms with E-state index in [1.54, 1.807) is 0 Å². The van der Waals surface area contributed by atoms with E-state index in [1.165, 1.54) is 0 Å². The van der Waals surface area contributed by atoms with Gasteiger partial charge in [0.05, 0.1) is 0 Å². The van der Waals surface area contributed by atoms with Crippen LogP contribution < -0.4 is 10.6 Å². The summed E-state index contributed by atoms with van der Waals surface area (Å²) >= 11 is 0. The molecule has 2 amide bonds. The highest BCUT2D eigenvalue weighted by atomic mass is 16.4. The summed E-state index contributed by atoms with van der Waals surface area (Å²) in [5.74, 6) is -0.0673. The third-order valence-corrected chi connectivity index (χ3v) is 3.77. The quantitative estimate of drug-likeness (QED) is 0.717. The molecule has 1 aliphatic rings. The topological polar surface area (TPSA) is 78.4 Å². The van der Waals surface area contributed by atoms with Gasteiger partial charge in [0.1, 0.15) is 5.54 Å². The summed E-state index contributed by atoms with van der Waals surface area (Å²) in [4.78, 5) is 23.3. The number of carbonyl (C=O) groups is 2. The lowest BCUT2D eigenvalue weighted by Gasteiger charge is -2.37. The molecule has 0 spiro atoms. The molecule has 19 heavy (non-hydrogen) atoms. The second-order valence-electron chi connectivity index (χ2n) is 6.15. The second-order valence-corrected chi connectivity index (χ2v) is 6.15. The van der Waals surface area contributed by atoms with Crippen LogP contribution in [0.4, 0.5) is 4.79 Å². The zero-order valence-corrected chi connectivity index (χ0v) is 12.2. The van der Waals surface area contributed by atoms with Crippen LogP contribution in [0, 0.1) is 11.8 Å². The Morgan fingerprint density at radius 1 is 1.42 bits per heavy atom. The van der Waals surface area contributed by atoms with Crippen molar-refractivity contribution in [1.82, 2.24) is 10.6 Å². The van der Waals surface area contributed by atoms with Gasteiger partial charge >= 0.3 is 12.0 Å². The van der Waals surface area contributed by atoms with Gasteiger partial charge in [-0.25, -0.2) is 9.59 Å². The maximum atomic E-state index is 11.8. The summed E-state index contributed by atoms with van der Waals surface area (Å²) in [7, 11) is 0. The lowest BCUT2D eigenvalue weighted by molar-refractivity contribution is -0.146. The number of hydrogen-bond acceptors (Lipinski definition) is 2. The molecule has 2 atom stereocenters. The number of carboxylic acids is 1. The number of carbonyl (C=O) groups excluding carboxylic acids is 1. The highest BCUT2D eigenvalue weighted by Gasteiger charge is 2.43. The highest BCUT2D eigenvalue weighted by Crippen LogP contribution is 2.32. The molecule has 1 rings (SSSR count). The Bertz CT molecular complexity index is 331. The molecule has 0 heterocycles. The Morgan fingerprint density at radius 3 is 2.63 bits per heavy atom. The fourth-order valence-electron chi connectivity index (χ4n) is 2.65. The molecule has 1 fully saturated rings. The Kier molecular flexibility index (Phi) is 5.63. The number of urea groups is 1. The lowest BCUT2D eigenvalue weighted by atomic mass is 9.76. The molecular formula is C14H26N2O3. The van der Waals surface area contributed by atoms with Crippen molar-refractivity contribution in [3.05, 3.63) is 0 Å². The first-order chi connectivity index (χ1) is 8.85. The van der Waals surface area contributed by atoms with Gasteiger partial charge in [-0.2, -0.15) is 0 Å². The van der Waals surface area contributed by atoms with Crippen molar-refractivity contribution >= 4 is 12.0 Å². The minimum absolute atomic E-state index is 0.334. The van der Waals surface area contributed by atoms with Gasteiger partial charge < -0.3 is 15.7 Å². The van der Waals surface area contributed by atoms with Crippen molar-refractivity contribution in [3.8, 4) is 0 Å². The minimum atomic E-state index is -1.08. The predicted molar refractivity (Wildman–Crippen MR) is 74.0 cm³/mol. The first-order valence-electron chi connectivity index (χ1n) is 7.15. The Labute approximate surface area is 115 Å². The van der Waals surface area contributed by atoms with E-state index in [0.29, 0.717) is 31.2 Å². The van der Waals surface area contributed by atoms with Gasteiger partial charge in [-0.15, -0.1) is 0 Å². The largest absolute Gasteiger partial charge is 0.480 e. The molecule has 0 aromatic carbocycles. The van der Waals surface area contributed by atoms with Crippen LogP contribution in [0.3, 0.4) is 0 Å². The predicted octanol–water partition coefficient (Wildman–Crippen LogP) is 2.37. The molecule has 5 heteroatoms. The van der Waals surface area contributed by atoms with Gasteiger partial charge in [-0.05, 0) is 31.1 Å². The maximum absolute atomic E-state index is 11.8. The molecule has 0 bridgehead atoms. The van der Waals surface area contributed by atoms with Gasteiger partial charge in [-0.3, -0.25) is 0 Å². The molecular weight excluding hydrogens is 244 g/mol. The summed E-state index contributed by atoms with van der Waals surface area (Å²) in [6.07, 6.45) is 3.81. The van der Waals surface area contributed by atoms with Crippen LogP contribution in [0.5, 0.6) is 0 Å². The third kappa shape index (κ3) is 4.73. The van der Waals surface area contributed by atoms with Gasteiger partial charge in [0.2, 0.25) is 0 Å². The van der Waals surface area contributed by atoms with E-state index in [0.717, 1.165) is 19.3 Å². The van der Waals surface area contributed by atoms with Crippen LogP contribution in [0.25, 0.3) is 0 Å². The van der Waals surface area contributed by atoms with Crippen LogP contribution in [-0.2, 0) is 4.79 Å². The molecule has 2 unspecified atom stereocenters. The number of hydrogen-bond donors (Lipinski definition) is 3. The van der Waals surface area contributed by atoms with Crippen molar-refractivity contribution in [2.24, 2.45) is 11.8 Å². The zero-order chi connectivity index (χ0) is 14.5. The lowest BCUT2D eigenvalue weighted by Crippen LogP contribution is -2.59. The summed E-state index contributed by atoms with van der Waals surface area (Å²) in [6.45, 7) is 6.78. The Hall–Kier alpha value is -1.26. The van der Waals surface area contributed by atoms with Crippen LogP contribution in [-0.4, -0.2) is 29.2 Å². The third-order valence-electron chi connectivity index (χ3n) is 3.77. The summed E-state index contributed by atoms with van der Waals surface area (Å²) in [5.41, 5.74) is -1.08. The summed E-state index contributed by atoms with van der Waals surface area (Å²) < 4.78 is 0. The van der Waals surface area contributed by atoms with E-state index in [4.69, 9.17) is 0 Å². The highest BCUT2D eigenvalue weighted by molar-refractivity contribution is 5.86. The molecule has 1 aliphatic carbocycles. The average Bonchev–Trinajstić information content (AvgIpc) is 2.27. The number of nitrogens with one attached hydrogen (secondary N) is 2. The van der Waals surface area contributed by atoms with E-state index in [-0.39, 0.29) is 6.03 Å². The second kappa shape index (κ2) is 6.78. The van der Waals surface area contributed by atoms with Crippen molar-refractivity contribution in [3.63, 3.8) is 0 Å². The molecule has 0 aliphatic heterocycles. The summed E-state index contributed by atoms with van der Waals surface area (Å²) in [5, 5.41) is 14.9. The first kappa shape index (κ1) is 15.8. The van der Waals surface area contributed by atoms with Crippen LogP contribution in [0.2, 0.25) is 0 Å². The maximum Gasteiger partial charge on any atom is 0.329 e. The molecule has 1 saturated carbocycles. The normalized spacial score (nSPS) is 27.1. The van der Waals surface area contributed by atoms with Crippen molar-refractivity contribution in [2.45, 2.75) is 58.4 Å². The van der Waals surface area contributed by atoms with Crippen LogP contribution >= 0.6 is 0 Å². The molecule has 0 aromatic rings. The molecule has 0 aromatic heterocycles. The molecule has 0 radical (unpaired) electrons. The molecule has 0 saturated heterocycles. The Morgan fingerprint density at radius 2 is 2.11 bits per heavy atom. The number of carboxylic acid groups (broad SMARTS) is 1. The number of rotatable bonds is 5. The van der Waals surface area contributed by atoms with Crippen LogP contribution in [0.1, 0.15) is 52.9 Å². The fourth-order valence-corrected chi connectivity index (χ4v) is 2.65. The van der Waals surface area contributed by atoms with Crippen molar-refractivity contribution < 1.29 is 14.7 Å². The molecule has 110 valence electrons. The zero-order valence-electron chi connectivity index (χ0n) is 12.2. The number of amides is 2. The fraction of sp³-hybridized carbons (Fsp3) is 0.857. The average molecular weight is 270 g/mol. The van der Waals surface area contributed by atoms with E-state index in [9.17, 15) is 14.7 Å². The first-order valence-corrected chi connectivity index (χ1v) is 7.15. The monoisotopic (exact) mass is 270 g/mol. The standard InChI is InChI=1S/C14H26N2O3/c1-10(2)6-8-15-13(19)16-14(12(17)18)7-4-5-11(3)9-14/h10-11H,4-9H2,1-3H3,(H,17,18)(H2,15,16,19). The van der Waals surface area contributed by atoms with Crippen molar-refractivity contribution in [1.29, 1.82) is 0 Å². The van der Waals surface area contributed by atoms with Gasteiger partial charge in [0.15, 0.2) is 0 Å². The number of aliphatic carboxylic acids is 1.